The minimum Gasteiger partial charge on any atom is -0.381 e. The smallest absolute Gasteiger partial charge is 0.325 e. The van der Waals surface area contributed by atoms with Gasteiger partial charge in [0.15, 0.2) is 0 Å². The molecule has 2 saturated heterocycles. The Hall–Kier alpha value is -2.15. The molecule has 2 aliphatic heterocycles. The Bertz CT molecular complexity index is 569. The molecule has 3 amide bonds. The summed E-state index contributed by atoms with van der Waals surface area (Å²) in [6.45, 7) is 1.21. The average Bonchev–Trinajstić information content (AvgIpc) is 2.73. The van der Waals surface area contributed by atoms with Crippen molar-refractivity contribution in [2.24, 2.45) is 0 Å². The van der Waals surface area contributed by atoms with Gasteiger partial charge in [0.05, 0.1) is 6.54 Å². The highest BCUT2D eigenvalue weighted by molar-refractivity contribution is 6.07. The lowest BCUT2D eigenvalue weighted by atomic mass is 9.90. The molecule has 7 nitrogen and oxygen atoms in total. The monoisotopic (exact) mass is 290 g/mol. The van der Waals surface area contributed by atoms with Crippen LogP contribution in [0.1, 0.15) is 18.4 Å². The molecule has 7 heteroatoms. The number of amides is 3. The Balaban J connectivity index is 1.82. The summed E-state index contributed by atoms with van der Waals surface area (Å²) >= 11 is 0. The number of hydrogen-bond acceptors (Lipinski definition) is 5. The minimum atomic E-state index is -0.780. The second-order valence-electron chi connectivity index (χ2n) is 5.28. The predicted molar refractivity (Wildman–Crippen MR) is 75.6 cm³/mol. The summed E-state index contributed by atoms with van der Waals surface area (Å²) in [4.78, 5) is 30.3. The summed E-state index contributed by atoms with van der Waals surface area (Å²) in [5.41, 5.74) is 0.0322. The molecule has 1 spiro atoms. The highest BCUT2D eigenvalue weighted by Gasteiger charge is 2.51. The third-order valence-corrected chi connectivity index (χ3v) is 4.05. The fourth-order valence-electron chi connectivity index (χ4n) is 2.84. The molecule has 3 rings (SSSR count). The van der Waals surface area contributed by atoms with Crippen LogP contribution < -0.4 is 10.6 Å². The van der Waals surface area contributed by atoms with Crippen LogP contribution >= 0.6 is 0 Å². The number of anilines is 1. The number of pyridine rings is 1. The molecule has 1 aromatic rings. The number of aromatic nitrogens is 1. The number of nitrogens with zero attached hydrogens (tertiary/aromatic N) is 2. The van der Waals surface area contributed by atoms with Gasteiger partial charge in [-0.1, -0.05) is 6.07 Å². The summed E-state index contributed by atoms with van der Waals surface area (Å²) in [6.07, 6.45) is 2.72. The second-order valence-corrected chi connectivity index (χ2v) is 5.28. The van der Waals surface area contributed by atoms with Gasteiger partial charge in [0.25, 0.3) is 5.91 Å². The van der Waals surface area contributed by atoms with Crippen molar-refractivity contribution in [3.63, 3.8) is 0 Å². The van der Waals surface area contributed by atoms with E-state index in [0.717, 1.165) is 5.56 Å². The molecule has 2 aliphatic rings. The molecule has 112 valence electrons. The van der Waals surface area contributed by atoms with E-state index in [9.17, 15) is 9.59 Å². The summed E-state index contributed by atoms with van der Waals surface area (Å²) in [7, 11) is 1.76. The lowest BCUT2D eigenvalue weighted by molar-refractivity contribution is -0.134. The zero-order valence-corrected chi connectivity index (χ0v) is 11.9. The largest absolute Gasteiger partial charge is 0.381 e. The van der Waals surface area contributed by atoms with Gasteiger partial charge in [-0.05, 0) is 6.07 Å². The van der Waals surface area contributed by atoms with Crippen molar-refractivity contribution < 1.29 is 14.3 Å². The van der Waals surface area contributed by atoms with Crippen LogP contribution in [0.3, 0.4) is 0 Å². The third-order valence-electron chi connectivity index (χ3n) is 4.05. The lowest BCUT2D eigenvalue weighted by Crippen LogP contribution is -2.51. The second kappa shape index (κ2) is 5.33. The lowest BCUT2D eigenvalue weighted by Gasteiger charge is -2.30. The van der Waals surface area contributed by atoms with E-state index < -0.39 is 5.54 Å². The summed E-state index contributed by atoms with van der Waals surface area (Å²) in [5, 5.41) is 5.81. The number of ether oxygens (including phenoxy) is 1. The van der Waals surface area contributed by atoms with Crippen LogP contribution in [0.5, 0.6) is 0 Å². The van der Waals surface area contributed by atoms with Crippen LogP contribution in [0.2, 0.25) is 0 Å². The Morgan fingerprint density at radius 1 is 1.43 bits per heavy atom. The van der Waals surface area contributed by atoms with Crippen molar-refractivity contribution in [2.45, 2.75) is 24.9 Å². The average molecular weight is 290 g/mol. The maximum atomic E-state index is 12.6. The van der Waals surface area contributed by atoms with Gasteiger partial charge in [-0.15, -0.1) is 0 Å². The molecule has 3 heterocycles. The van der Waals surface area contributed by atoms with E-state index in [1.807, 2.05) is 6.07 Å². The molecule has 0 saturated carbocycles. The highest BCUT2D eigenvalue weighted by Crippen LogP contribution is 2.29. The quantitative estimate of drug-likeness (QED) is 0.802. The summed E-state index contributed by atoms with van der Waals surface area (Å²) in [5.74, 6) is 0.507. The van der Waals surface area contributed by atoms with E-state index in [4.69, 9.17) is 4.74 Å². The van der Waals surface area contributed by atoms with Crippen molar-refractivity contribution in [1.29, 1.82) is 0 Å². The molecule has 2 N–H and O–H groups in total. The first-order chi connectivity index (χ1) is 10.2. The summed E-state index contributed by atoms with van der Waals surface area (Å²) in [6, 6.07) is 3.31. The Kier molecular flexibility index (Phi) is 3.50. The van der Waals surface area contributed by atoms with Gasteiger partial charge in [0.2, 0.25) is 0 Å². The standard InChI is InChI=1S/C14H18N4O3/c1-15-11-10(3-2-6-16-11)9-18-12(19)14(17-13(18)20)4-7-21-8-5-14/h2-3,6H,4-5,7-9H2,1H3,(H,15,16)(H,17,20). The fourth-order valence-corrected chi connectivity index (χ4v) is 2.84. The summed E-state index contributed by atoms with van der Waals surface area (Å²) < 4.78 is 5.29. The first-order valence-electron chi connectivity index (χ1n) is 7.00. The van der Waals surface area contributed by atoms with Crippen LogP contribution in [0, 0.1) is 0 Å². The van der Waals surface area contributed by atoms with Crippen LogP contribution in [0.25, 0.3) is 0 Å². The first kappa shape index (κ1) is 13.8. The first-order valence-corrected chi connectivity index (χ1v) is 7.00. The molecule has 2 fully saturated rings. The van der Waals surface area contributed by atoms with Crippen LogP contribution in [-0.2, 0) is 16.1 Å². The van der Waals surface area contributed by atoms with Crippen LogP contribution in [0.4, 0.5) is 10.6 Å². The van der Waals surface area contributed by atoms with Crippen molar-refractivity contribution in [3.8, 4) is 0 Å². The van der Waals surface area contributed by atoms with E-state index in [-0.39, 0.29) is 18.5 Å². The maximum absolute atomic E-state index is 12.6. The number of carbonyl (C=O) groups is 2. The van der Waals surface area contributed by atoms with Crippen molar-refractivity contribution in [3.05, 3.63) is 23.9 Å². The zero-order chi connectivity index (χ0) is 14.9. The molecule has 0 bridgehead atoms. The Morgan fingerprint density at radius 2 is 2.19 bits per heavy atom. The fraction of sp³-hybridized carbons (Fsp3) is 0.500. The normalized spacial score (nSPS) is 20.7. The van der Waals surface area contributed by atoms with E-state index in [0.29, 0.717) is 31.9 Å². The number of urea groups is 1. The third kappa shape index (κ3) is 2.33. The molecule has 21 heavy (non-hydrogen) atoms. The van der Waals surface area contributed by atoms with Crippen molar-refractivity contribution in [1.82, 2.24) is 15.2 Å². The predicted octanol–water partition coefficient (Wildman–Crippen LogP) is 0.724. The molecule has 0 aliphatic carbocycles. The van der Waals surface area contributed by atoms with Gasteiger partial charge in [-0.25, -0.2) is 9.78 Å². The molecule has 0 atom stereocenters. The van der Waals surface area contributed by atoms with Crippen molar-refractivity contribution >= 4 is 17.8 Å². The van der Waals surface area contributed by atoms with Crippen molar-refractivity contribution in [2.75, 3.05) is 25.6 Å². The molecule has 0 unspecified atom stereocenters. The van der Waals surface area contributed by atoms with E-state index >= 15 is 0 Å². The molecular formula is C14H18N4O3. The van der Waals surface area contributed by atoms with E-state index in [1.54, 1.807) is 19.3 Å². The number of hydrogen-bond donors (Lipinski definition) is 2. The van der Waals surface area contributed by atoms with Gasteiger partial charge in [0, 0.05) is 44.9 Å². The van der Waals surface area contributed by atoms with E-state index in [1.165, 1.54) is 4.90 Å². The molecule has 0 radical (unpaired) electrons. The SMILES string of the molecule is CNc1ncccc1CN1C(=O)NC2(CCOCC2)C1=O. The van der Waals surface area contributed by atoms with Gasteiger partial charge in [-0.2, -0.15) is 0 Å². The number of carbonyl (C=O) groups excluding carboxylic acids is 2. The molecule has 1 aromatic heterocycles. The van der Waals surface area contributed by atoms with Gasteiger partial charge < -0.3 is 15.4 Å². The van der Waals surface area contributed by atoms with Crippen LogP contribution in [0.15, 0.2) is 18.3 Å². The Labute approximate surface area is 122 Å². The number of rotatable bonds is 3. The van der Waals surface area contributed by atoms with Gasteiger partial charge in [-0.3, -0.25) is 9.69 Å². The van der Waals surface area contributed by atoms with Crippen LogP contribution in [-0.4, -0.2) is 47.6 Å². The van der Waals surface area contributed by atoms with Gasteiger partial charge >= 0.3 is 6.03 Å². The van der Waals surface area contributed by atoms with Gasteiger partial charge in [0.1, 0.15) is 11.4 Å². The number of imide groups is 1. The maximum Gasteiger partial charge on any atom is 0.325 e. The minimum absolute atomic E-state index is 0.165. The zero-order valence-electron chi connectivity index (χ0n) is 11.9. The number of nitrogens with one attached hydrogen (secondary N) is 2. The Morgan fingerprint density at radius 3 is 2.90 bits per heavy atom. The molecule has 0 aromatic carbocycles. The molecular weight excluding hydrogens is 272 g/mol. The topological polar surface area (TPSA) is 83.6 Å². The highest BCUT2D eigenvalue weighted by atomic mass is 16.5. The van der Waals surface area contributed by atoms with E-state index in [2.05, 4.69) is 15.6 Å².